The summed E-state index contributed by atoms with van der Waals surface area (Å²) in [6.45, 7) is 28.0. The molecule has 0 saturated heterocycles. The summed E-state index contributed by atoms with van der Waals surface area (Å²) in [6, 6.07) is 13.0. The van der Waals surface area contributed by atoms with Crippen LogP contribution in [-0.2, 0) is 0 Å². The molecule has 0 radical (unpaired) electrons. The van der Waals surface area contributed by atoms with Crippen molar-refractivity contribution in [2.24, 2.45) is 0 Å². The molecule has 0 aliphatic rings. The summed E-state index contributed by atoms with van der Waals surface area (Å²) in [5.41, 5.74) is 0. The lowest BCUT2D eigenvalue weighted by Gasteiger charge is -1.61. The lowest BCUT2D eigenvalue weighted by molar-refractivity contribution is 1.50. The second-order valence-electron chi connectivity index (χ2n) is 1.01. The Bertz CT molecular complexity index is 72.0. The van der Waals surface area contributed by atoms with Gasteiger partial charge in [-0.05, 0) is 12.1 Å². The van der Waals surface area contributed by atoms with Gasteiger partial charge in [-0.15, -0.1) is 0 Å². The van der Waals surface area contributed by atoms with E-state index in [-0.39, 0.29) is 29.7 Å². The average Bonchev–Trinajstić information content (AvgIpc) is 2.68. The molecule has 1 aromatic carbocycles. The quantitative estimate of drug-likeness (QED) is 0.436. The van der Waals surface area contributed by atoms with Crippen molar-refractivity contribution in [3.05, 3.63) is 36.4 Å². The molecule has 0 unspecified atom stereocenters. The van der Waals surface area contributed by atoms with Crippen LogP contribution in [0.4, 0.5) is 0 Å². The Morgan fingerprint density at radius 3 is 0.500 bits per heavy atom. The summed E-state index contributed by atoms with van der Waals surface area (Å²) in [5, 5.41) is 0. The van der Waals surface area contributed by atoms with Gasteiger partial charge in [0.15, 0.2) is 0 Å². The molecular formula is C24H62. The molecule has 158 valence electrons. The molecule has 0 spiro atoms. The molecule has 0 fully saturated rings. The van der Waals surface area contributed by atoms with Crippen LogP contribution in [0.15, 0.2) is 24.3 Å². The van der Waals surface area contributed by atoms with Gasteiger partial charge in [-0.3, -0.25) is 0 Å². The van der Waals surface area contributed by atoms with Crippen molar-refractivity contribution in [2.45, 2.75) is 127 Å². The van der Waals surface area contributed by atoms with Gasteiger partial charge in [0.25, 0.3) is 0 Å². The van der Waals surface area contributed by atoms with E-state index in [0.29, 0.717) is 0 Å². The molecule has 1 aromatic rings. The minimum absolute atomic E-state index is 0. The van der Waals surface area contributed by atoms with Gasteiger partial charge in [0, 0.05) is 0 Å². The largest absolute Gasteiger partial charge is 0.0776 e. The van der Waals surface area contributed by atoms with E-state index in [0.717, 1.165) is 0 Å². The van der Waals surface area contributed by atoms with E-state index in [1.54, 1.807) is 0 Å². The van der Waals surface area contributed by atoms with Crippen LogP contribution < -0.4 is 0 Å². The normalized spacial score (nSPS) is 3.42. The van der Waals surface area contributed by atoms with Gasteiger partial charge in [0.05, 0.1) is 0 Å². The molecule has 0 N–H and O–H groups in total. The zero-order valence-corrected chi connectivity index (χ0v) is 17.3. The van der Waals surface area contributed by atoms with E-state index in [4.69, 9.17) is 0 Å². The minimum Gasteiger partial charge on any atom is -0.0776 e. The van der Waals surface area contributed by atoms with E-state index >= 15 is 0 Å². The fourth-order valence-corrected chi connectivity index (χ4v) is 0.304. The fraction of sp³-hybridized carbons (Fsp3) is 0.750. The first-order chi connectivity index (χ1) is 10.0. The summed E-state index contributed by atoms with van der Waals surface area (Å²) in [6.07, 6.45) is 0. The molecule has 0 aliphatic carbocycles. The number of hydrogen-bond donors (Lipinski definition) is 0. The van der Waals surface area contributed by atoms with Crippen molar-refractivity contribution in [1.29, 1.82) is 0 Å². The molecule has 0 heterocycles. The van der Waals surface area contributed by atoms with Crippen molar-refractivity contribution in [2.75, 3.05) is 0 Å². The van der Waals surface area contributed by atoms with Gasteiger partial charge in [-0.2, -0.15) is 0 Å². The second-order valence-corrected chi connectivity index (χ2v) is 1.01. The summed E-state index contributed by atoms with van der Waals surface area (Å²) >= 11 is 0. The summed E-state index contributed by atoms with van der Waals surface area (Å²) in [5.74, 6) is 0. The molecule has 0 saturated carbocycles. The maximum absolute atomic E-state index is 2.77. The maximum Gasteiger partial charge on any atom is -0.0115 e. The van der Waals surface area contributed by atoms with Crippen LogP contribution in [0, 0.1) is 12.1 Å². The van der Waals surface area contributed by atoms with Crippen LogP contribution in [0.3, 0.4) is 0 Å². The molecule has 0 heteroatoms. The summed E-state index contributed by atoms with van der Waals surface area (Å²) in [7, 11) is 0. The van der Waals surface area contributed by atoms with Crippen molar-refractivity contribution >= 4 is 0 Å². The smallest absolute Gasteiger partial charge is 0.0115 e. The highest BCUT2D eigenvalue weighted by Crippen LogP contribution is 1.71. The molecule has 0 aliphatic heterocycles. The van der Waals surface area contributed by atoms with E-state index < -0.39 is 0 Å². The van der Waals surface area contributed by atoms with Crippen LogP contribution in [0.2, 0.25) is 0 Å². The Morgan fingerprint density at radius 1 is 0.333 bits per heavy atom. The van der Waals surface area contributed by atoms with Gasteiger partial charge in [-0.1, -0.05) is 151 Å². The Morgan fingerprint density at radius 2 is 0.458 bits per heavy atom. The standard InChI is InChI=1S/C6H4.7C2H6.4CH4/c1-2-4-6-5-3-1;7*1-2;;;;/h1-4H;7*1-2H3;4*1H4. The van der Waals surface area contributed by atoms with E-state index in [2.05, 4.69) is 12.1 Å². The summed E-state index contributed by atoms with van der Waals surface area (Å²) < 4.78 is 0. The van der Waals surface area contributed by atoms with Crippen molar-refractivity contribution in [3.8, 4) is 0 Å². The third-order valence-corrected chi connectivity index (χ3v) is 0.554. The number of hydrogen-bond acceptors (Lipinski definition) is 0. The topological polar surface area (TPSA) is 0 Å². The zero-order valence-electron chi connectivity index (χ0n) is 17.3. The first kappa shape index (κ1) is 77.2. The highest BCUT2D eigenvalue weighted by atomic mass is 13.6. The maximum atomic E-state index is 2.77. The molecule has 24 heavy (non-hydrogen) atoms. The van der Waals surface area contributed by atoms with Crippen LogP contribution in [0.1, 0.15) is 127 Å². The Kier molecular flexibility index (Phi) is 1240. The molecule has 0 amide bonds. The predicted molar refractivity (Wildman–Crippen MR) is 130 cm³/mol. The lowest BCUT2D eigenvalue weighted by atomic mass is 10.4. The van der Waals surface area contributed by atoms with Gasteiger partial charge < -0.3 is 0 Å². The van der Waals surface area contributed by atoms with Gasteiger partial charge in [0.2, 0.25) is 0 Å². The Hall–Kier alpha value is -0.960. The Labute approximate surface area is 163 Å². The lowest BCUT2D eigenvalue weighted by Crippen LogP contribution is -1.43. The van der Waals surface area contributed by atoms with Crippen molar-refractivity contribution in [3.63, 3.8) is 0 Å². The van der Waals surface area contributed by atoms with Crippen molar-refractivity contribution < 1.29 is 0 Å². The second kappa shape index (κ2) is 384. The third kappa shape index (κ3) is 333. The molecule has 0 atom stereocenters. The van der Waals surface area contributed by atoms with Crippen LogP contribution in [0.5, 0.6) is 0 Å². The van der Waals surface area contributed by atoms with Crippen molar-refractivity contribution in [1.82, 2.24) is 0 Å². The fourth-order valence-electron chi connectivity index (χ4n) is 0.304. The highest BCUT2D eigenvalue weighted by Gasteiger charge is 1.53. The van der Waals surface area contributed by atoms with Gasteiger partial charge >= 0.3 is 0 Å². The predicted octanol–water partition coefficient (Wildman–Crippen LogP) is 11.0. The van der Waals surface area contributed by atoms with E-state index in [1.165, 1.54) is 0 Å². The minimum atomic E-state index is 0. The Balaban J connectivity index is -0.00000000941. The first-order valence-electron chi connectivity index (χ1n) is 8.83. The van der Waals surface area contributed by atoms with Crippen LogP contribution in [0.25, 0.3) is 0 Å². The highest BCUT2D eigenvalue weighted by molar-refractivity contribution is 4.89. The molecule has 0 nitrogen and oxygen atoms in total. The van der Waals surface area contributed by atoms with Crippen LogP contribution >= 0.6 is 0 Å². The SMILES string of the molecule is C.C.C.C.CC.CC.CC.CC.CC.CC.CC.c1ccccc#1. The first-order valence-corrected chi connectivity index (χ1v) is 8.83. The van der Waals surface area contributed by atoms with E-state index in [1.807, 2.05) is 121 Å². The summed E-state index contributed by atoms with van der Waals surface area (Å²) in [4.78, 5) is 0. The average molecular weight is 351 g/mol. The molecule has 1 rings (SSSR count). The molecule has 0 bridgehead atoms. The monoisotopic (exact) mass is 350 g/mol. The third-order valence-electron chi connectivity index (χ3n) is 0.554. The van der Waals surface area contributed by atoms with Crippen LogP contribution in [-0.4, -0.2) is 0 Å². The molecular weight excluding hydrogens is 288 g/mol. The number of rotatable bonds is 0. The van der Waals surface area contributed by atoms with E-state index in [9.17, 15) is 0 Å². The van der Waals surface area contributed by atoms with Gasteiger partial charge in [0.1, 0.15) is 0 Å². The molecule has 0 aromatic heterocycles. The zero-order chi connectivity index (χ0) is 18.2. The van der Waals surface area contributed by atoms with Gasteiger partial charge in [-0.25, -0.2) is 0 Å².